The molecule has 0 amide bonds. The van der Waals surface area contributed by atoms with Gasteiger partial charge in [0.25, 0.3) is 5.56 Å². The summed E-state index contributed by atoms with van der Waals surface area (Å²) in [6.45, 7) is 1.13. The fraction of sp³-hybridized carbons (Fsp3) is 0.353. The second kappa shape index (κ2) is 6.49. The number of hydrogen-bond acceptors (Lipinski definition) is 4. The highest BCUT2D eigenvalue weighted by Gasteiger charge is 2.16. The average Bonchev–Trinajstić information content (AvgIpc) is 3.07. The first-order valence-corrected chi connectivity index (χ1v) is 8.81. The maximum absolute atomic E-state index is 12.6. The predicted octanol–water partition coefficient (Wildman–Crippen LogP) is 3.10. The Morgan fingerprint density at radius 3 is 3.04 bits per heavy atom. The topological polar surface area (TPSA) is 61.9 Å². The van der Waals surface area contributed by atoms with Gasteiger partial charge in [0.1, 0.15) is 6.23 Å². The van der Waals surface area contributed by atoms with E-state index in [1.807, 2.05) is 35.1 Å². The summed E-state index contributed by atoms with van der Waals surface area (Å²) in [5.41, 5.74) is 0.693. The van der Waals surface area contributed by atoms with Crippen LogP contribution in [0.15, 0.2) is 45.9 Å². The first kappa shape index (κ1) is 15.5. The van der Waals surface area contributed by atoms with Crippen LogP contribution >= 0.6 is 15.9 Å². The van der Waals surface area contributed by atoms with Crippen molar-refractivity contribution >= 4 is 26.7 Å². The van der Waals surface area contributed by atoms with E-state index in [1.165, 1.54) is 4.68 Å². The van der Waals surface area contributed by atoms with Crippen molar-refractivity contribution in [2.75, 3.05) is 6.61 Å². The zero-order chi connectivity index (χ0) is 16.5. The molecule has 3 aromatic rings. The van der Waals surface area contributed by atoms with Crippen LogP contribution in [0, 0.1) is 0 Å². The molecule has 124 valence electrons. The standard InChI is InChI=1S/C17H17BrN4O2/c18-13-4-5-15-12(9-13)10-19-22(17(15)23)11-14-6-7-21(20-14)16-3-1-2-8-24-16/h4-7,9-10,16H,1-3,8,11H2. The summed E-state index contributed by atoms with van der Waals surface area (Å²) in [7, 11) is 0. The monoisotopic (exact) mass is 388 g/mol. The quantitative estimate of drug-likeness (QED) is 0.691. The fourth-order valence-corrected chi connectivity index (χ4v) is 3.36. The number of halogens is 1. The summed E-state index contributed by atoms with van der Waals surface area (Å²) < 4.78 is 9.96. The number of nitrogens with zero attached hydrogens (tertiary/aromatic N) is 4. The van der Waals surface area contributed by atoms with Gasteiger partial charge in [0, 0.05) is 22.7 Å². The molecule has 1 aliphatic rings. The van der Waals surface area contributed by atoms with E-state index in [4.69, 9.17) is 4.74 Å². The van der Waals surface area contributed by atoms with Crippen LogP contribution in [0.4, 0.5) is 0 Å². The SMILES string of the molecule is O=c1c2ccc(Br)cc2cnn1Cc1ccn(C2CCCCO2)n1. The van der Waals surface area contributed by atoms with Crippen LogP contribution < -0.4 is 5.56 Å². The molecule has 7 heteroatoms. The molecule has 4 rings (SSSR count). The van der Waals surface area contributed by atoms with E-state index in [9.17, 15) is 4.79 Å². The minimum Gasteiger partial charge on any atom is -0.357 e. The number of ether oxygens (including phenoxy) is 1. The van der Waals surface area contributed by atoms with Crippen molar-refractivity contribution in [2.45, 2.75) is 32.0 Å². The highest BCUT2D eigenvalue weighted by molar-refractivity contribution is 9.10. The maximum Gasteiger partial charge on any atom is 0.274 e. The summed E-state index contributed by atoms with van der Waals surface area (Å²) in [6.07, 6.45) is 6.87. The Labute approximate surface area is 147 Å². The van der Waals surface area contributed by atoms with Crippen LogP contribution in [0.25, 0.3) is 10.8 Å². The van der Waals surface area contributed by atoms with Crippen LogP contribution in [-0.2, 0) is 11.3 Å². The first-order chi connectivity index (χ1) is 11.7. The zero-order valence-corrected chi connectivity index (χ0v) is 14.6. The number of aromatic nitrogens is 4. The molecule has 0 N–H and O–H groups in total. The van der Waals surface area contributed by atoms with E-state index in [0.29, 0.717) is 11.9 Å². The van der Waals surface area contributed by atoms with Crippen LogP contribution in [-0.4, -0.2) is 26.2 Å². The lowest BCUT2D eigenvalue weighted by Gasteiger charge is -2.22. The van der Waals surface area contributed by atoms with Gasteiger partial charge in [-0.05, 0) is 43.5 Å². The molecule has 1 fully saturated rings. The van der Waals surface area contributed by atoms with Crippen LogP contribution in [0.3, 0.4) is 0 Å². The lowest BCUT2D eigenvalue weighted by molar-refractivity contribution is -0.0397. The van der Waals surface area contributed by atoms with Gasteiger partial charge in [0.05, 0.1) is 23.8 Å². The molecular weight excluding hydrogens is 372 g/mol. The van der Waals surface area contributed by atoms with E-state index in [-0.39, 0.29) is 11.8 Å². The molecule has 1 aromatic carbocycles. The van der Waals surface area contributed by atoms with Crippen LogP contribution in [0.1, 0.15) is 31.2 Å². The lowest BCUT2D eigenvalue weighted by atomic mass is 10.2. The van der Waals surface area contributed by atoms with Gasteiger partial charge in [-0.3, -0.25) is 4.79 Å². The summed E-state index contributed by atoms with van der Waals surface area (Å²) in [4.78, 5) is 12.6. The summed E-state index contributed by atoms with van der Waals surface area (Å²) in [6, 6.07) is 7.48. The Bertz CT molecular complexity index is 928. The van der Waals surface area contributed by atoms with Crippen molar-refractivity contribution in [3.05, 3.63) is 57.2 Å². The smallest absolute Gasteiger partial charge is 0.274 e. The molecule has 1 aliphatic heterocycles. The van der Waals surface area contributed by atoms with E-state index < -0.39 is 0 Å². The van der Waals surface area contributed by atoms with Gasteiger partial charge in [0.15, 0.2) is 0 Å². The number of fused-ring (bicyclic) bond motifs is 1. The predicted molar refractivity (Wildman–Crippen MR) is 93.9 cm³/mol. The highest BCUT2D eigenvalue weighted by atomic mass is 79.9. The van der Waals surface area contributed by atoms with Gasteiger partial charge < -0.3 is 4.74 Å². The molecule has 0 spiro atoms. The van der Waals surface area contributed by atoms with E-state index in [0.717, 1.165) is 41.4 Å². The van der Waals surface area contributed by atoms with Crippen molar-refractivity contribution < 1.29 is 4.74 Å². The largest absolute Gasteiger partial charge is 0.357 e. The number of rotatable bonds is 3. The van der Waals surface area contributed by atoms with E-state index in [1.54, 1.807) is 6.20 Å². The minimum atomic E-state index is -0.108. The van der Waals surface area contributed by atoms with Gasteiger partial charge >= 0.3 is 0 Å². The Kier molecular flexibility index (Phi) is 4.20. The average molecular weight is 389 g/mol. The molecule has 1 atom stereocenters. The normalized spacial score (nSPS) is 18.1. The molecule has 0 saturated carbocycles. The van der Waals surface area contributed by atoms with Gasteiger partial charge in [-0.1, -0.05) is 15.9 Å². The Morgan fingerprint density at radius 1 is 1.29 bits per heavy atom. The van der Waals surface area contributed by atoms with E-state index in [2.05, 4.69) is 26.1 Å². The maximum atomic E-state index is 12.6. The van der Waals surface area contributed by atoms with Crippen molar-refractivity contribution in [3.8, 4) is 0 Å². The van der Waals surface area contributed by atoms with Crippen molar-refractivity contribution in [1.29, 1.82) is 0 Å². The number of hydrogen-bond donors (Lipinski definition) is 0. The Hall–Kier alpha value is -1.99. The zero-order valence-electron chi connectivity index (χ0n) is 13.1. The molecular formula is C17H17BrN4O2. The molecule has 2 aromatic heterocycles. The van der Waals surface area contributed by atoms with Gasteiger partial charge in [-0.15, -0.1) is 0 Å². The van der Waals surface area contributed by atoms with Crippen molar-refractivity contribution in [1.82, 2.24) is 19.6 Å². The summed E-state index contributed by atoms with van der Waals surface area (Å²) in [5.74, 6) is 0. The first-order valence-electron chi connectivity index (χ1n) is 8.02. The van der Waals surface area contributed by atoms with Gasteiger partial charge in [0.2, 0.25) is 0 Å². The lowest BCUT2D eigenvalue weighted by Crippen LogP contribution is -2.24. The molecule has 6 nitrogen and oxygen atoms in total. The molecule has 0 bridgehead atoms. The van der Waals surface area contributed by atoms with Gasteiger partial charge in [-0.25, -0.2) is 9.36 Å². The second-order valence-electron chi connectivity index (χ2n) is 5.95. The second-order valence-corrected chi connectivity index (χ2v) is 6.86. The van der Waals surface area contributed by atoms with Crippen molar-refractivity contribution in [2.24, 2.45) is 0 Å². The van der Waals surface area contributed by atoms with Crippen LogP contribution in [0.5, 0.6) is 0 Å². The third-order valence-electron chi connectivity index (χ3n) is 4.24. The minimum absolute atomic E-state index is 0.00568. The van der Waals surface area contributed by atoms with E-state index >= 15 is 0 Å². The third-order valence-corrected chi connectivity index (χ3v) is 4.73. The Morgan fingerprint density at radius 2 is 2.21 bits per heavy atom. The molecule has 3 heterocycles. The summed E-state index contributed by atoms with van der Waals surface area (Å²) >= 11 is 3.41. The summed E-state index contributed by atoms with van der Waals surface area (Å²) in [5, 5.41) is 10.3. The van der Waals surface area contributed by atoms with Crippen LogP contribution in [0.2, 0.25) is 0 Å². The van der Waals surface area contributed by atoms with Crippen molar-refractivity contribution in [3.63, 3.8) is 0 Å². The highest BCUT2D eigenvalue weighted by Crippen LogP contribution is 2.21. The van der Waals surface area contributed by atoms with Gasteiger partial charge in [-0.2, -0.15) is 10.2 Å². The molecule has 0 radical (unpaired) electrons. The molecule has 0 aliphatic carbocycles. The molecule has 1 unspecified atom stereocenters. The third kappa shape index (κ3) is 3.01. The fourth-order valence-electron chi connectivity index (χ4n) is 2.98. The Balaban J connectivity index is 1.60. The molecule has 24 heavy (non-hydrogen) atoms. The number of benzene rings is 1. The molecule has 1 saturated heterocycles.